The van der Waals surface area contributed by atoms with Gasteiger partial charge in [0.05, 0.1) is 6.61 Å². The smallest absolute Gasteiger partial charge is 0.0622 e. The minimum Gasteiger partial charge on any atom is -0.380 e. The summed E-state index contributed by atoms with van der Waals surface area (Å²) in [7, 11) is 0. The van der Waals surface area contributed by atoms with Crippen molar-refractivity contribution in [1.29, 1.82) is 0 Å². The number of aryl methyl sites for hydroxylation is 1. The summed E-state index contributed by atoms with van der Waals surface area (Å²) in [5, 5.41) is 3.77. The Labute approximate surface area is 123 Å². The van der Waals surface area contributed by atoms with E-state index in [-0.39, 0.29) is 0 Å². The molecule has 0 heterocycles. The topological polar surface area (TPSA) is 21.3 Å². The number of rotatable bonds is 7. The second kappa shape index (κ2) is 7.24. The first kappa shape index (κ1) is 15.5. The van der Waals surface area contributed by atoms with Gasteiger partial charge in [0.15, 0.2) is 0 Å². The average molecular weight is 275 g/mol. The standard InChI is InChI=1S/C18H29NO/c1-5-20-12-18(13(2)3)19-17-10-16(11-17)15-8-6-14(4)7-9-15/h6-9,13,16-19H,5,10-12H2,1-4H3. The normalized spacial score (nSPS) is 23.6. The van der Waals surface area contributed by atoms with Crippen LogP contribution in [-0.4, -0.2) is 25.3 Å². The third-order valence-corrected chi connectivity index (χ3v) is 4.44. The number of ether oxygens (including phenoxy) is 1. The maximum atomic E-state index is 5.59. The van der Waals surface area contributed by atoms with Gasteiger partial charge < -0.3 is 10.1 Å². The molecule has 0 bridgehead atoms. The monoisotopic (exact) mass is 275 g/mol. The largest absolute Gasteiger partial charge is 0.380 e. The fourth-order valence-electron chi connectivity index (χ4n) is 2.85. The van der Waals surface area contributed by atoms with Crippen LogP contribution >= 0.6 is 0 Å². The van der Waals surface area contributed by atoms with Crippen molar-refractivity contribution in [3.8, 4) is 0 Å². The summed E-state index contributed by atoms with van der Waals surface area (Å²) in [6.45, 7) is 10.4. The average Bonchev–Trinajstić information content (AvgIpc) is 2.38. The van der Waals surface area contributed by atoms with Gasteiger partial charge >= 0.3 is 0 Å². The molecule has 0 aromatic heterocycles. The molecule has 0 radical (unpaired) electrons. The van der Waals surface area contributed by atoms with Crippen LogP contribution in [0.25, 0.3) is 0 Å². The Hall–Kier alpha value is -0.860. The molecule has 1 atom stereocenters. The lowest BCUT2D eigenvalue weighted by Gasteiger charge is -2.39. The van der Waals surface area contributed by atoms with Gasteiger partial charge in [-0.15, -0.1) is 0 Å². The summed E-state index contributed by atoms with van der Waals surface area (Å²) in [6, 6.07) is 10.2. The zero-order valence-electron chi connectivity index (χ0n) is 13.4. The predicted octanol–water partition coefficient (Wildman–Crippen LogP) is 3.89. The molecule has 1 unspecified atom stereocenters. The Bertz CT molecular complexity index is 392. The van der Waals surface area contributed by atoms with Gasteiger partial charge in [0.25, 0.3) is 0 Å². The van der Waals surface area contributed by atoms with Gasteiger partial charge in [0.1, 0.15) is 0 Å². The third-order valence-electron chi connectivity index (χ3n) is 4.44. The maximum absolute atomic E-state index is 5.59. The minimum absolute atomic E-state index is 0.485. The van der Waals surface area contributed by atoms with E-state index in [0.717, 1.165) is 19.1 Å². The highest BCUT2D eigenvalue weighted by Crippen LogP contribution is 2.37. The van der Waals surface area contributed by atoms with E-state index in [2.05, 4.69) is 57.3 Å². The summed E-state index contributed by atoms with van der Waals surface area (Å²) >= 11 is 0. The molecule has 0 amide bonds. The van der Waals surface area contributed by atoms with Gasteiger partial charge in [-0.05, 0) is 44.1 Å². The van der Waals surface area contributed by atoms with Crippen molar-refractivity contribution in [3.63, 3.8) is 0 Å². The summed E-state index contributed by atoms with van der Waals surface area (Å²) < 4.78 is 5.59. The van der Waals surface area contributed by atoms with Gasteiger partial charge in [-0.25, -0.2) is 0 Å². The molecule has 1 aliphatic carbocycles. The van der Waals surface area contributed by atoms with Crippen LogP contribution in [0.1, 0.15) is 50.7 Å². The molecule has 0 saturated heterocycles. The van der Waals surface area contributed by atoms with E-state index in [0.29, 0.717) is 18.0 Å². The molecule has 1 fully saturated rings. The van der Waals surface area contributed by atoms with Crippen molar-refractivity contribution in [1.82, 2.24) is 5.32 Å². The third kappa shape index (κ3) is 4.07. The SMILES string of the molecule is CCOCC(NC1CC(c2ccc(C)cc2)C1)C(C)C. The number of benzene rings is 1. The van der Waals surface area contributed by atoms with E-state index in [4.69, 9.17) is 4.74 Å². The van der Waals surface area contributed by atoms with Crippen molar-refractivity contribution in [2.24, 2.45) is 5.92 Å². The first-order valence-electron chi connectivity index (χ1n) is 8.00. The van der Waals surface area contributed by atoms with Gasteiger partial charge in [-0.3, -0.25) is 0 Å². The molecule has 1 N–H and O–H groups in total. The van der Waals surface area contributed by atoms with Gasteiger partial charge in [0, 0.05) is 18.7 Å². The first-order valence-corrected chi connectivity index (χ1v) is 8.00. The fourth-order valence-corrected chi connectivity index (χ4v) is 2.85. The van der Waals surface area contributed by atoms with E-state index in [1.54, 1.807) is 0 Å². The van der Waals surface area contributed by atoms with Crippen LogP contribution in [0.4, 0.5) is 0 Å². The van der Waals surface area contributed by atoms with Crippen LogP contribution < -0.4 is 5.32 Å². The molecule has 2 heteroatoms. The van der Waals surface area contributed by atoms with E-state index < -0.39 is 0 Å². The molecule has 0 spiro atoms. The van der Waals surface area contributed by atoms with Crippen molar-refractivity contribution in [3.05, 3.63) is 35.4 Å². The molecule has 2 nitrogen and oxygen atoms in total. The molecule has 1 aliphatic rings. The van der Waals surface area contributed by atoms with Gasteiger partial charge in [-0.2, -0.15) is 0 Å². The molecule has 20 heavy (non-hydrogen) atoms. The highest BCUT2D eigenvalue weighted by Gasteiger charge is 2.32. The first-order chi connectivity index (χ1) is 9.60. The summed E-state index contributed by atoms with van der Waals surface area (Å²) in [5.74, 6) is 1.37. The van der Waals surface area contributed by atoms with Crippen molar-refractivity contribution in [2.75, 3.05) is 13.2 Å². The van der Waals surface area contributed by atoms with Crippen molar-refractivity contribution >= 4 is 0 Å². The molecule has 0 aliphatic heterocycles. The highest BCUT2D eigenvalue weighted by molar-refractivity contribution is 5.26. The number of hydrogen-bond acceptors (Lipinski definition) is 2. The van der Waals surface area contributed by atoms with Crippen LogP contribution in [0.3, 0.4) is 0 Å². The van der Waals surface area contributed by atoms with Crippen molar-refractivity contribution < 1.29 is 4.74 Å². The van der Waals surface area contributed by atoms with Gasteiger partial charge in [-0.1, -0.05) is 43.7 Å². The van der Waals surface area contributed by atoms with Crippen LogP contribution in [0.2, 0.25) is 0 Å². The quantitative estimate of drug-likeness (QED) is 0.815. The lowest BCUT2D eigenvalue weighted by molar-refractivity contribution is 0.0943. The van der Waals surface area contributed by atoms with Gasteiger partial charge in [0.2, 0.25) is 0 Å². The summed E-state index contributed by atoms with van der Waals surface area (Å²) in [4.78, 5) is 0. The second-order valence-electron chi connectivity index (χ2n) is 6.45. The van der Waals surface area contributed by atoms with E-state index in [9.17, 15) is 0 Å². The number of nitrogens with one attached hydrogen (secondary N) is 1. The Kier molecular flexibility index (Phi) is 5.62. The Balaban J connectivity index is 1.78. The van der Waals surface area contributed by atoms with E-state index in [1.807, 2.05) is 0 Å². The summed E-state index contributed by atoms with van der Waals surface area (Å²) in [6.07, 6.45) is 2.52. The molecular weight excluding hydrogens is 246 g/mol. The molecule has 112 valence electrons. The Morgan fingerprint density at radius 2 is 1.85 bits per heavy atom. The van der Waals surface area contributed by atoms with Crippen LogP contribution in [0, 0.1) is 12.8 Å². The zero-order chi connectivity index (χ0) is 14.5. The highest BCUT2D eigenvalue weighted by atomic mass is 16.5. The van der Waals surface area contributed by atoms with Crippen LogP contribution in [0.5, 0.6) is 0 Å². The Morgan fingerprint density at radius 1 is 1.20 bits per heavy atom. The number of hydrogen-bond donors (Lipinski definition) is 1. The summed E-state index contributed by atoms with van der Waals surface area (Å²) in [5.41, 5.74) is 2.85. The van der Waals surface area contributed by atoms with Crippen LogP contribution in [-0.2, 0) is 4.74 Å². The molecular formula is C18H29NO. The maximum Gasteiger partial charge on any atom is 0.0622 e. The molecule has 1 aromatic carbocycles. The van der Waals surface area contributed by atoms with E-state index >= 15 is 0 Å². The lowest BCUT2D eigenvalue weighted by atomic mass is 9.75. The fraction of sp³-hybridized carbons (Fsp3) is 0.667. The second-order valence-corrected chi connectivity index (χ2v) is 6.45. The minimum atomic E-state index is 0.485. The lowest BCUT2D eigenvalue weighted by Crippen LogP contribution is -2.49. The van der Waals surface area contributed by atoms with Crippen LogP contribution in [0.15, 0.2) is 24.3 Å². The molecule has 1 saturated carbocycles. The molecule has 1 aromatic rings. The Morgan fingerprint density at radius 3 is 2.40 bits per heavy atom. The predicted molar refractivity (Wildman–Crippen MR) is 85.2 cm³/mol. The van der Waals surface area contributed by atoms with Crippen molar-refractivity contribution in [2.45, 2.75) is 58.5 Å². The zero-order valence-corrected chi connectivity index (χ0v) is 13.4. The molecule has 2 rings (SSSR count). The van der Waals surface area contributed by atoms with E-state index in [1.165, 1.54) is 24.0 Å².